The van der Waals surface area contributed by atoms with E-state index in [1.165, 1.54) is 13.2 Å². The van der Waals surface area contributed by atoms with Gasteiger partial charge in [-0.25, -0.2) is 4.39 Å². The lowest BCUT2D eigenvalue weighted by Crippen LogP contribution is -1.92. The highest BCUT2D eigenvalue weighted by Crippen LogP contribution is 2.28. The Hall–Kier alpha value is -1.61. The predicted molar refractivity (Wildman–Crippen MR) is 75.2 cm³/mol. The summed E-state index contributed by atoms with van der Waals surface area (Å²) >= 11 is 3.42. The molecule has 0 aromatic heterocycles. The summed E-state index contributed by atoms with van der Waals surface area (Å²) in [5.74, 6) is -0.146. The highest BCUT2D eigenvalue weighted by atomic mass is 79.9. The molecule has 2 aromatic carbocycles. The van der Waals surface area contributed by atoms with Crippen molar-refractivity contribution in [1.29, 1.82) is 0 Å². The van der Waals surface area contributed by atoms with Gasteiger partial charge < -0.3 is 4.74 Å². The summed E-state index contributed by atoms with van der Waals surface area (Å²) < 4.78 is 19.3. The van der Waals surface area contributed by atoms with Crippen LogP contribution in [0.2, 0.25) is 0 Å². The smallest absolute Gasteiger partial charge is 0.165 e. The fourth-order valence-electron chi connectivity index (χ4n) is 1.69. The van der Waals surface area contributed by atoms with E-state index in [0.717, 1.165) is 21.2 Å². The molecule has 0 aliphatic carbocycles. The molecule has 0 bridgehead atoms. The molecule has 0 N–H and O–H groups in total. The molecule has 0 unspecified atom stereocenters. The lowest BCUT2D eigenvalue weighted by atomic mass is 9.99. The third-order valence-corrected chi connectivity index (χ3v) is 3.17. The van der Waals surface area contributed by atoms with Gasteiger partial charge in [-0.3, -0.25) is 0 Å². The van der Waals surface area contributed by atoms with Gasteiger partial charge in [-0.05, 0) is 41.0 Å². The summed E-state index contributed by atoms with van der Waals surface area (Å²) in [5, 5.41) is 0. The molecule has 0 heterocycles. The molecule has 0 amide bonds. The van der Waals surface area contributed by atoms with Crippen molar-refractivity contribution in [2.24, 2.45) is 0 Å². The molecule has 2 rings (SSSR count). The Labute approximate surface area is 114 Å². The van der Waals surface area contributed by atoms with E-state index in [0.29, 0.717) is 0 Å². The lowest BCUT2D eigenvalue weighted by molar-refractivity contribution is 0.386. The molecule has 92 valence electrons. The average Bonchev–Trinajstić information content (AvgIpc) is 2.38. The number of hydrogen-bond acceptors (Lipinski definition) is 1. The van der Waals surface area contributed by atoms with Crippen molar-refractivity contribution in [3.05, 3.63) is 70.5 Å². The van der Waals surface area contributed by atoms with Crippen LogP contribution in [0.5, 0.6) is 5.75 Å². The highest BCUT2D eigenvalue weighted by molar-refractivity contribution is 9.10. The molecule has 2 aromatic rings. The summed E-state index contributed by atoms with van der Waals surface area (Å²) in [7, 11) is 1.45. The Morgan fingerprint density at radius 1 is 1.17 bits per heavy atom. The van der Waals surface area contributed by atoms with E-state index in [9.17, 15) is 4.39 Å². The zero-order chi connectivity index (χ0) is 13.1. The van der Waals surface area contributed by atoms with E-state index in [4.69, 9.17) is 4.74 Å². The van der Waals surface area contributed by atoms with Crippen LogP contribution in [-0.2, 0) is 0 Å². The minimum Gasteiger partial charge on any atom is -0.494 e. The largest absolute Gasteiger partial charge is 0.494 e. The van der Waals surface area contributed by atoms with E-state index in [1.807, 2.05) is 24.3 Å². The van der Waals surface area contributed by atoms with Crippen LogP contribution in [0.4, 0.5) is 4.39 Å². The van der Waals surface area contributed by atoms with Crippen molar-refractivity contribution in [1.82, 2.24) is 0 Å². The lowest BCUT2D eigenvalue weighted by Gasteiger charge is -2.09. The minimum atomic E-state index is -0.372. The third-order valence-electron chi connectivity index (χ3n) is 2.67. The molecule has 0 atom stereocenters. The van der Waals surface area contributed by atoms with E-state index in [-0.39, 0.29) is 11.6 Å². The Morgan fingerprint density at radius 3 is 2.56 bits per heavy atom. The molecular formula is C15H12BrFO. The van der Waals surface area contributed by atoms with Crippen LogP contribution in [0.15, 0.2) is 53.5 Å². The van der Waals surface area contributed by atoms with E-state index < -0.39 is 0 Å². The van der Waals surface area contributed by atoms with E-state index in [2.05, 4.69) is 22.5 Å². The van der Waals surface area contributed by atoms with E-state index >= 15 is 0 Å². The molecule has 0 spiro atoms. The molecule has 0 saturated heterocycles. The topological polar surface area (TPSA) is 9.23 Å². The molecule has 1 nitrogen and oxygen atoms in total. The van der Waals surface area contributed by atoms with E-state index in [1.54, 1.807) is 12.1 Å². The molecule has 0 saturated carbocycles. The first-order chi connectivity index (χ1) is 8.61. The maximum absolute atomic E-state index is 13.3. The van der Waals surface area contributed by atoms with Crippen molar-refractivity contribution >= 4 is 21.5 Å². The number of halogens is 2. The third kappa shape index (κ3) is 2.62. The van der Waals surface area contributed by atoms with Crippen LogP contribution >= 0.6 is 15.9 Å². The summed E-state index contributed by atoms with van der Waals surface area (Å²) in [6.07, 6.45) is 0. The molecule has 3 heteroatoms. The zero-order valence-corrected chi connectivity index (χ0v) is 11.5. The first-order valence-corrected chi connectivity index (χ1v) is 6.20. The van der Waals surface area contributed by atoms with Gasteiger partial charge in [-0.2, -0.15) is 0 Å². The van der Waals surface area contributed by atoms with Crippen LogP contribution in [0.25, 0.3) is 5.57 Å². The van der Waals surface area contributed by atoms with Crippen molar-refractivity contribution in [2.75, 3.05) is 7.11 Å². The van der Waals surface area contributed by atoms with Crippen LogP contribution in [-0.4, -0.2) is 7.11 Å². The number of benzene rings is 2. The Morgan fingerprint density at radius 2 is 1.89 bits per heavy atom. The van der Waals surface area contributed by atoms with Gasteiger partial charge >= 0.3 is 0 Å². The zero-order valence-electron chi connectivity index (χ0n) is 9.91. The van der Waals surface area contributed by atoms with Gasteiger partial charge in [0.1, 0.15) is 0 Å². The Bertz CT molecular complexity index is 593. The van der Waals surface area contributed by atoms with Gasteiger partial charge in [-0.1, -0.05) is 40.7 Å². The van der Waals surface area contributed by atoms with Crippen molar-refractivity contribution < 1.29 is 9.13 Å². The van der Waals surface area contributed by atoms with Gasteiger partial charge in [0.15, 0.2) is 11.6 Å². The van der Waals surface area contributed by atoms with Gasteiger partial charge in [-0.15, -0.1) is 0 Å². The minimum absolute atomic E-state index is 0.226. The number of hydrogen-bond donors (Lipinski definition) is 0. The average molecular weight is 307 g/mol. The summed E-state index contributed by atoms with van der Waals surface area (Å²) in [5.41, 5.74) is 2.65. The maximum atomic E-state index is 13.3. The number of rotatable bonds is 3. The van der Waals surface area contributed by atoms with Crippen LogP contribution < -0.4 is 4.74 Å². The Kier molecular flexibility index (Phi) is 3.82. The summed E-state index contributed by atoms with van der Waals surface area (Å²) in [6.45, 7) is 4.04. The fourth-order valence-corrected chi connectivity index (χ4v) is 2.09. The standard InChI is InChI=1S/C15H12BrFO/c1-10(11-4-3-5-13(16)8-11)12-6-7-14(17)15(9-12)18-2/h3-9H,1H2,2H3. The maximum Gasteiger partial charge on any atom is 0.165 e. The fraction of sp³-hybridized carbons (Fsp3) is 0.0667. The van der Waals surface area contributed by atoms with Gasteiger partial charge in [0.05, 0.1) is 7.11 Å². The summed E-state index contributed by atoms with van der Waals surface area (Å²) in [6, 6.07) is 12.5. The molecule has 0 radical (unpaired) electrons. The molecule has 0 fully saturated rings. The van der Waals surface area contributed by atoms with Crippen LogP contribution in [0.1, 0.15) is 11.1 Å². The van der Waals surface area contributed by atoms with Gasteiger partial charge in [0.25, 0.3) is 0 Å². The SMILES string of the molecule is C=C(c1cccc(Br)c1)c1ccc(F)c(OC)c1. The van der Waals surface area contributed by atoms with Gasteiger partial charge in [0, 0.05) is 4.47 Å². The first kappa shape index (κ1) is 12.8. The van der Waals surface area contributed by atoms with Crippen molar-refractivity contribution in [3.63, 3.8) is 0 Å². The van der Waals surface area contributed by atoms with Crippen LogP contribution in [0, 0.1) is 5.82 Å². The Balaban J connectivity index is 2.40. The molecule has 18 heavy (non-hydrogen) atoms. The van der Waals surface area contributed by atoms with Crippen molar-refractivity contribution in [2.45, 2.75) is 0 Å². The first-order valence-electron chi connectivity index (χ1n) is 5.40. The monoisotopic (exact) mass is 306 g/mol. The van der Waals surface area contributed by atoms with Crippen LogP contribution in [0.3, 0.4) is 0 Å². The predicted octanol–water partition coefficient (Wildman–Crippen LogP) is 4.66. The molecule has 0 aliphatic rings. The van der Waals surface area contributed by atoms with Crippen molar-refractivity contribution in [3.8, 4) is 5.75 Å². The number of ether oxygens (including phenoxy) is 1. The summed E-state index contributed by atoms with van der Waals surface area (Å²) in [4.78, 5) is 0. The second-order valence-corrected chi connectivity index (χ2v) is 4.75. The molecular weight excluding hydrogens is 295 g/mol. The second-order valence-electron chi connectivity index (χ2n) is 3.84. The second kappa shape index (κ2) is 5.36. The normalized spacial score (nSPS) is 10.2. The number of methoxy groups -OCH3 is 1. The molecule has 0 aliphatic heterocycles. The van der Waals surface area contributed by atoms with Gasteiger partial charge in [0.2, 0.25) is 0 Å². The quantitative estimate of drug-likeness (QED) is 0.801. The highest BCUT2D eigenvalue weighted by Gasteiger charge is 2.07.